The third kappa shape index (κ3) is 4.90. The molecule has 9 heteroatoms. The molecule has 0 radical (unpaired) electrons. The number of nitrogens with one attached hydrogen (secondary N) is 2. The summed E-state index contributed by atoms with van der Waals surface area (Å²) in [5.74, 6) is -1.77. The third-order valence-electron chi connectivity index (χ3n) is 3.60. The molecule has 3 N–H and O–H groups in total. The number of aromatic nitrogens is 2. The second-order valence-electron chi connectivity index (χ2n) is 5.67. The number of hydrogen-bond acceptors (Lipinski definition) is 5. The molecule has 0 fully saturated rings. The molecule has 0 aliphatic carbocycles. The van der Waals surface area contributed by atoms with Gasteiger partial charge in [0.2, 0.25) is 0 Å². The Morgan fingerprint density at radius 3 is 2.65 bits per heavy atom. The highest BCUT2D eigenvalue weighted by Gasteiger charge is 2.30. The van der Waals surface area contributed by atoms with Gasteiger partial charge in [-0.25, -0.2) is 14.4 Å². The second kappa shape index (κ2) is 8.11. The maximum Gasteiger partial charge on any atom is 0.393 e. The van der Waals surface area contributed by atoms with Crippen molar-refractivity contribution in [3.8, 4) is 17.1 Å². The lowest BCUT2D eigenvalue weighted by molar-refractivity contribution is -0.127. The Balaban J connectivity index is 2.51. The molecule has 0 saturated heterocycles. The van der Waals surface area contributed by atoms with Crippen LogP contribution >= 0.6 is 0 Å². The van der Waals surface area contributed by atoms with E-state index in [1.54, 1.807) is 0 Å². The zero-order valence-corrected chi connectivity index (χ0v) is 14.0. The molecule has 0 atom stereocenters. The van der Waals surface area contributed by atoms with Crippen LogP contribution in [0.5, 0.6) is 5.75 Å². The van der Waals surface area contributed by atoms with Crippen LogP contribution in [-0.2, 0) is 6.42 Å². The van der Waals surface area contributed by atoms with Gasteiger partial charge in [0.05, 0.1) is 12.0 Å². The van der Waals surface area contributed by atoms with Crippen LogP contribution in [0.2, 0.25) is 0 Å². The molecular weight excluding hydrogens is 352 g/mol. The van der Waals surface area contributed by atoms with Gasteiger partial charge in [0.1, 0.15) is 5.82 Å². The monoisotopic (exact) mass is 370 g/mol. The van der Waals surface area contributed by atoms with Crippen molar-refractivity contribution in [2.24, 2.45) is 0 Å². The van der Waals surface area contributed by atoms with E-state index >= 15 is 0 Å². The van der Waals surface area contributed by atoms with E-state index in [1.165, 1.54) is 6.20 Å². The minimum atomic E-state index is -4.55. The first-order valence-electron chi connectivity index (χ1n) is 7.95. The van der Waals surface area contributed by atoms with Crippen LogP contribution in [0.1, 0.15) is 30.9 Å². The fourth-order valence-corrected chi connectivity index (χ4v) is 2.33. The fourth-order valence-electron chi connectivity index (χ4n) is 2.33. The van der Waals surface area contributed by atoms with E-state index in [4.69, 9.17) is 5.41 Å². The van der Waals surface area contributed by atoms with Crippen LogP contribution in [0.4, 0.5) is 23.4 Å². The molecule has 2 aromatic rings. The van der Waals surface area contributed by atoms with Crippen molar-refractivity contribution < 1.29 is 22.7 Å². The zero-order chi connectivity index (χ0) is 19.3. The van der Waals surface area contributed by atoms with Crippen molar-refractivity contribution >= 4 is 12.0 Å². The molecule has 26 heavy (non-hydrogen) atoms. The van der Waals surface area contributed by atoms with E-state index in [1.807, 2.05) is 6.92 Å². The molecule has 0 aliphatic rings. The standard InChI is InChI=1S/C17H18F4N4O/c1-2-3-4-23-15-11(8-22)9-24-16(25-15)12-6-13(18)14(26)5-10(12)7-17(19,20)21/h5-6,8-9,22,26H,2-4,7H2,1H3,(H,23,24,25). The van der Waals surface area contributed by atoms with E-state index < -0.39 is 24.2 Å². The van der Waals surface area contributed by atoms with Crippen molar-refractivity contribution in [2.75, 3.05) is 11.9 Å². The van der Waals surface area contributed by atoms with Crippen molar-refractivity contribution in [1.82, 2.24) is 9.97 Å². The van der Waals surface area contributed by atoms with E-state index in [9.17, 15) is 22.7 Å². The molecular formula is C17H18F4N4O. The zero-order valence-electron chi connectivity index (χ0n) is 14.0. The van der Waals surface area contributed by atoms with Gasteiger partial charge < -0.3 is 15.8 Å². The summed E-state index contributed by atoms with van der Waals surface area (Å²) < 4.78 is 52.2. The smallest absolute Gasteiger partial charge is 0.393 e. The van der Waals surface area contributed by atoms with Crippen LogP contribution in [0.25, 0.3) is 11.4 Å². The van der Waals surface area contributed by atoms with E-state index in [-0.39, 0.29) is 22.8 Å². The molecule has 1 heterocycles. The summed E-state index contributed by atoms with van der Waals surface area (Å²) in [4.78, 5) is 8.11. The quantitative estimate of drug-likeness (QED) is 0.386. The third-order valence-corrected chi connectivity index (χ3v) is 3.60. The highest BCUT2D eigenvalue weighted by molar-refractivity contribution is 5.84. The summed E-state index contributed by atoms with van der Waals surface area (Å²) in [5.41, 5.74) is -0.132. The number of unbranched alkanes of at least 4 members (excludes halogenated alkanes) is 1. The molecule has 0 bridgehead atoms. The lowest BCUT2D eigenvalue weighted by Gasteiger charge is -2.14. The molecule has 1 aromatic heterocycles. The van der Waals surface area contributed by atoms with Gasteiger partial charge in [-0.1, -0.05) is 13.3 Å². The maximum atomic E-state index is 13.7. The van der Waals surface area contributed by atoms with Gasteiger partial charge in [0.25, 0.3) is 0 Å². The summed E-state index contributed by atoms with van der Waals surface area (Å²) >= 11 is 0. The van der Waals surface area contributed by atoms with Gasteiger partial charge in [-0.3, -0.25) is 0 Å². The minimum absolute atomic E-state index is 0.118. The van der Waals surface area contributed by atoms with Gasteiger partial charge >= 0.3 is 6.18 Å². The first-order valence-corrected chi connectivity index (χ1v) is 7.95. The number of aromatic hydroxyl groups is 1. The molecule has 140 valence electrons. The van der Waals surface area contributed by atoms with Crippen LogP contribution in [0, 0.1) is 11.2 Å². The fraction of sp³-hybridized carbons (Fsp3) is 0.353. The van der Waals surface area contributed by atoms with E-state index in [0.717, 1.165) is 31.2 Å². The van der Waals surface area contributed by atoms with Crippen molar-refractivity contribution in [1.29, 1.82) is 5.41 Å². The Kier molecular flexibility index (Phi) is 6.12. The number of benzene rings is 1. The summed E-state index contributed by atoms with van der Waals surface area (Å²) in [6, 6.07) is 1.52. The lowest BCUT2D eigenvalue weighted by atomic mass is 10.0. The minimum Gasteiger partial charge on any atom is -0.505 e. The van der Waals surface area contributed by atoms with Crippen LogP contribution < -0.4 is 5.32 Å². The first kappa shape index (κ1) is 19.6. The number of phenols is 1. The van der Waals surface area contributed by atoms with Gasteiger partial charge in [0, 0.05) is 24.5 Å². The summed E-state index contributed by atoms with van der Waals surface area (Å²) in [6.45, 7) is 2.56. The molecule has 1 aromatic carbocycles. The van der Waals surface area contributed by atoms with Crippen molar-refractivity contribution in [2.45, 2.75) is 32.4 Å². The number of nitrogens with zero attached hydrogens (tertiary/aromatic N) is 2. The highest BCUT2D eigenvalue weighted by atomic mass is 19.4. The topological polar surface area (TPSA) is 81.9 Å². The molecule has 0 unspecified atom stereocenters. The number of alkyl halides is 3. The highest BCUT2D eigenvalue weighted by Crippen LogP contribution is 2.32. The Morgan fingerprint density at radius 2 is 2.04 bits per heavy atom. The molecule has 0 amide bonds. The number of anilines is 1. The Bertz CT molecular complexity index is 793. The van der Waals surface area contributed by atoms with Gasteiger partial charge in [-0.2, -0.15) is 13.2 Å². The number of rotatable bonds is 7. The van der Waals surface area contributed by atoms with Crippen molar-refractivity contribution in [3.63, 3.8) is 0 Å². The SMILES string of the molecule is CCCCNc1nc(-c2cc(F)c(O)cc2CC(F)(F)F)ncc1C=N. The summed E-state index contributed by atoms with van der Waals surface area (Å²) in [6.07, 6.45) is -1.84. The molecule has 5 nitrogen and oxygen atoms in total. The summed E-state index contributed by atoms with van der Waals surface area (Å²) in [5, 5.41) is 19.8. The van der Waals surface area contributed by atoms with Gasteiger partial charge in [-0.15, -0.1) is 0 Å². The molecule has 0 saturated carbocycles. The Morgan fingerprint density at radius 1 is 1.31 bits per heavy atom. The van der Waals surface area contributed by atoms with Gasteiger partial charge in [0.15, 0.2) is 17.4 Å². The van der Waals surface area contributed by atoms with Crippen molar-refractivity contribution in [3.05, 3.63) is 35.3 Å². The first-order chi connectivity index (χ1) is 12.2. The normalized spacial score (nSPS) is 11.4. The number of halogens is 4. The maximum absolute atomic E-state index is 13.7. The van der Waals surface area contributed by atoms with Gasteiger partial charge in [-0.05, 0) is 24.1 Å². The summed E-state index contributed by atoms with van der Waals surface area (Å²) in [7, 11) is 0. The largest absolute Gasteiger partial charge is 0.505 e. The lowest BCUT2D eigenvalue weighted by Crippen LogP contribution is -2.13. The average molecular weight is 370 g/mol. The molecule has 2 rings (SSSR count). The Hall–Kier alpha value is -2.71. The molecule has 0 spiro atoms. The molecule has 0 aliphatic heterocycles. The van der Waals surface area contributed by atoms with Crippen LogP contribution in [0.15, 0.2) is 18.3 Å². The number of phenolic OH excluding ortho intramolecular Hbond substituents is 1. The average Bonchev–Trinajstić information content (AvgIpc) is 2.57. The second-order valence-corrected chi connectivity index (χ2v) is 5.67. The predicted molar refractivity (Wildman–Crippen MR) is 90.1 cm³/mol. The van der Waals surface area contributed by atoms with Crippen LogP contribution in [0.3, 0.4) is 0 Å². The Labute approximate surface area is 147 Å². The predicted octanol–water partition coefficient (Wildman–Crippen LogP) is 4.30. The number of hydrogen-bond donors (Lipinski definition) is 3. The van der Waals surface area contributed by atoms with E-state index in [0.29, 0.717) is 12.1 Å². The van der Waals surface area contributed by atoms with E-state index in [2.05, 4.69) is 15.3 Å². The van der Waals surface area contributed by atoms with Crippen LogP contribution in [-0.4, -0.2) is 34.0 Å².